The highest BCUT2D eigenvalue weighted by Gasteiger charge is 2.42. The molecule has 0 aliphatic carbocycles. The van der Waals surface area contributed by atoms with Crippen LogP contribution in [0.15, 0.2) is 73.2 Å². The topological polar surface area (TPSA) is 458 Å². The smallest absolute Gasteiger partial charge is 0.326 e. The van der Waals surface area contributed by atoms with E-state index in [9.17, 15) is 72.9 Å². The van der Waals surface area contributed by atoms with Crippen molar-refractivity contribution < 1.29 is 72.9 Å². The molecule has 1 aliphatic heterocycles. The van der Waals surface area contributed by atoms with Gasteiger partial charge in [0, 0.05) is 44.2 Å². The first-order valence-electron chi connectivity index (χ1n) is 31.6. The molecule has 0 spiro atoms. The summed E-state index contributed by atoms with van der Waals surface area (Å²) >= 11 is 0. The minimum absolute atomic E-state index is 0.0548. The molecule has 13 atom stereocenters. The fraction of sp³-hybridized carbons (Fsp3) is 0.578. The first kappa shape index (κ1) is 76.6. The molecule has 0 bridgehead atoms. The van der Waals surface area contributed by atoms with E-state index in [4.69, 9.17) is 11.5 Å². The molecule has 3 aromatic rings. The van der Waals surface area contributed by atoms with Gasteiger partial charge >= 0.3 is 11.9 Å². The summed E-state index contributed by atoms with van der Waals surface area (Å²) in [6, 6.07) is 3.90. The molecule has 1 aliphatic rings. The minimum Gasteiger partial charge on any atom is -0.481 e. The number of hydrogen-bond acceptors (Lipinski definition) is 16. The molecule has 29 heteroatoms. The number of carboxylic acids is 2. The Labute approximate surface area is 542 Å². The van der Waals surface area contributed by atoms with E-state index in [2.05, 4.69) is 57.8 Å². The molecule has 29 nitrogen and oxygen atoms in total. The molecule has 2 heterocycles. The number of aromatic nitrogens is 2. The van der Waals surface area contributed by atoms with Crippen molar-refractivity contribution in [3.05, 3.63) is 90.0 Å². The van der Waals surface area contributed by atoms with Gasteiger partial charge in [-0.05, 0) is 80.4 Å². The van der Waals surface area contributed by atoms with E-state index < -0.39 is 168 Å². The van der Waals surface area contributed by atoms with Gasteiger partial charge in [0.15, 0.2) is 5.92 Å². The fourth-order valence-electron chi connectivity index (χ4n) is 10.3. The highest BCUT2D eigenvalue weighted by atomic mass is 16.4. The number of hydrogen-bond donors (Lipinski definition) is 15. The van der Waals surface area contributed by atoms with Crippen molar-refractivity contribution in [1.82, 2.24) is 62.7 Å². The first-order chi connectivity index (χ1) is 44.0. The molecular formula is C64H96N14O15. The molecule has 512 valence electrons. The number of likely N-dealkylation sites (tertiary alicyclic amines) is 1. The number of nitrogens with zero attached hydrogens (tertiary/aromatic N) is 2. The quantitative estimate of drug-likeness (QED) is 0.0243. The van der Waals surface area contributed by atoms with Gasteiger partial charge in [-0.3, -0.25) is 52.7 Å². The number of aliphatic hydroxyl groups is 1. The number of benzene rings is 2. The number of rotatable bonds is 38. The van der Waals surface area contributed by atoms with Crippen LogP contribution in [0.25, 0.3) is 0 Å². The van der Waals surface area contributed by atoms with Crippen LogP contribution in [-0.4, -0.2) is 187 Å². The zero-order valence-electron chi connectivity index (χ0n) is 54.4. The summed E-state index contributed by atoms with van der Waals surface area (Å²) in [5.74, 6) is -15.7. The predicted octanol–water partition coefficient (Wildman–Crippen LogP) is -0.940. The molecule has 1 aromatic heterocycles. The molecule has 0 radical (unpaired) electrons. The number of unbranched alkanes of at least 4 members (excludes halogenated alkanes) is 1. The highest BCUT2D eigenvalue weighted by molar-refractivity contribution is 6.01. The Morgan fingerprint density at radius 1 is 0.581 bits per heavy atom. The van der Waals surface area contributed by atoms with Crippen LogP contribution >= 0.6 is 0 Å². The number of aliphatic carboxylic acids is 2. The van der Waals surface area contributed by atoms with E-state index in [0.29, 0.717) is 29.7 Å². The maximum Gasteiger partial charge on any atom is 0.326 e. The van der Waals surface area contributed by atoms with Crippen molar-refractivity contribution in [3.8, 4) is 0 Å². The minimum atomic E-state index is -2.03. The Kier molecular flexibility index (Phi) is 31.0. The third-order valence-corrected chi connectivity index (χ3v) is 16.3. The van der Waals surface area contributed by atoms with Gasteiger partial charge in [0.05, 0.1) is 18.5 Å². The number of amides is 10. The maximum atomic E-state index is 14.8. The molecule has 2 aromatic carbocycles. The van der Waals surface area contributed by atoms with Crippen LogP contribution in [0.4, 0.5) is 0 Å². The van der Waals surface area contributed by atoms with Gasteiger partial charge in [0.25, 0.3) is 0 Å². The lowest BCUT2D eigenvalue weighted by atomic mass is 9.95. The molecular weight excluding hydrogens is 1200 g/mol. The van der Waals surface area contributed by atoms with Gasteiger partial charge in [-0.15, -0.1) is 0 Å². The molecule has 0 saturated carbocycles. The summed E-state index contributed by atoms with van der Waals surface area (Å²) in [7, 11) is 0. The maximum absolute atomic E-state index is 14.8. The Bertz CT molecular complexity index is 2990. The van der Waals surface area contributed by atoms with E-state index in [1.54, 1.807) is 116 Å². The van der Waals surface area contributed by atoms with E-state index in [1.807, 2.05) is 0 Å². The molecule has 17 N–H and O–H groups in total. The summed E-state index contributed by atoms with van der Waals surface area (Å²) in [5, 5.41) is 54.3. The molecule has 93 heavy (non-hydrogen) atoms. The number of aromatic amines is 1. The Morgan fingerprint density at radius 3 is 1.52 bits per heavy atom. The van der Waals surface area contributed by atoms with Gasteiger partial charge in [0.2, 0.25) is 59.1 Å². The summed E-state index contributed by atoms with van der Waals surface area (Å²) in [6.07, 6.45) is 2.35. The number of H-pyrrole nitrogens is 1. The van der Waals surface area contributed by atoms with Crippen molar-refractivity contribution in [1.29, 1.82) is 0 Å². The lowest BCUT2D eigenvalue weighted by molar-refractivity contribution is -0.151. The third kappa shape index (κ3) is 23.7. The second-order valence-electron chi connectivity index (χ2n) is 24.7. The highest BCUT2D eigenvalue weighted by Crippen LogP contribution is 2.21. The Balaban J connectivity index is 1.59. The molecule has 10 amide bonds. The average molecular weight is 1300 g/mol. The normalized spacial score (nSPS) is 16.9. The lowest BCUT2D eigenvalue weighted by Crippen LogP contribution is -2.62. The van der Waals surface area contributed by atoms with E-state index in [1.165, 1.54) is 19.4 Å². The standard InChI is InChI=1S/C64H96N14O15/c1-10-37(8)51(61(88)75-50(36(6)7)60(87)77-52(38(9)79)62(89)78-27-19-25-47(78)64(92)93)76-53(80)42(63(90)91)32-68-54(81)43(24-17-18-26-65)70-55(82)44(28-39-20-13-11-14-21-39)71-56(83)45(29-40-22-15-12-16-23-40)72-57(84)46(30-41-31-67-33-69-41)73-59(86)49(35(4)5)74-58(85)48(66)34(2)3/h11-16,20-23,31,33-38,42-52,79H,10,17-19,24-30,32,65-66H2,1-9H3,(H,67,69)(H,68,81)(H,70,82)(H,71,83)(H,72,84)(H,73,86)(H,74,85)(H,75,88)(H,76,80)(H,77,87)(H,90,91)(H,92,93)/t37-,38+,42-,43-,44-,45-,46-,47-,48-,49-,50-,51-,52-/m0/s1. The third-order valence-electron chi connectivity index (χ3n) is 16.3. The first-order valence-corrected chi connectivity index (χ1v) is 31.6. The molecule has 1 fully saturated rings. The van der Waals surface area contributed by atoms with Crippen LogP contribution in [0.5, 0.6) is 0 Å². The second kappa shape index (κ2) is 37.6. The van der Waals surface area contributed by atoms with Crippen molar-refractivity contribution in [2.24, 2.45) is 41.1 Å². The van der Waals surface area contributed by atoms with Crippen LogP contribution in [0, 0.1) is 29.6 Å². The lowest BCUT2D eigenvalue weighted by Gasteiger charge is -2.32. The van der Waals surface area contributed by atoms with Gasteiger partial charge in [0.1, 0.15) is 54.4 Å². The average Bonchev–Trinajstić information content (AvgIpc) is 1.93. The predicted molar refractivity (Wildman–Crippen MR) is 341 cm³/mol. The number of carbonyl (C=O) groups is 12. The van der Waals surface area contributed by atoms with Crippen LogP contribution in [0.1, 0.15) is 118 Å². The van der Waals surface area contributed by atoms with Gasteiger partial charge in [-0.1, -0.05) is 122 Å². The summed E-state index contributed by atoms with van der Waals surface area (Å²) in [5.41, 5.74) is 13.5. The summed E-state index contributed by atoms with van der Waals surface area (Å²) < 4.78 is 0. The zero-order valence-corrected chi connectivity index (χ0v) is 54.4. The summed E-state index contributed by atoms with van der Waals surface area (Å²) in [4.78, 5) is 174. The number of carboxylic acid groups (broad SMARTS) is 2. The Morgan fingerprint density at radius 2 is 1.05 bits per heavy atom. The van der Waals surface area contributed by atoms with Crippen molar-refractivity contribution in [2.45, 2.75) is 187 Å². The van der Waals surface area contributed by atoms with Gasteiger partial charge in [-0.2, -0.15) is 0 Å². The number of carbonyl (C=O) groups excluding carboxylic acids is 10. The number of nitrogens with two attached hydrogens (primary N) is 2. The largest absolute Gasteiger partial charge is 0.481 e. The second-order valence-corrected chi connectivity index (χ2v) is 24.7. The van der Waals surface area contributed by atoms with Gasteiger partial charge in [-0.25, -0.2) is 9.78 Å². The van der Waals surface area contributed by atoms with E-state index in [0.717, 1.165) is 4.90 Å². The number of nitrogens with one attached hydrogen (secondary N) is 10. The van der Waals surface area contributed by atoms with Crippen LogP contribution < -0.4 is 59.3 Å². The number of aliphatic hydroxyl groups excluding tert-OH is 1. The van der Waals surface area contributed by atoms with Crippen LogP contribution in [0.3, 0.4) is 0 Å². The fourth-order valence-corrected chi connectivity index (χ4v) is 10.3. The van der Waals surface area contributed by atoms with Crippen molar-refractivity contribution in [3.63, 3.8) is 0 Å². The molecule has 1 saturated heterocycles. The van der Waals surface area contributed by atoms with Gasteiger partial charge < -0.3 is 84.5 Å². The monoisotopic (exact) mass is 1300 g/mol. The summed E-state index contributed by atoms with van der Waals surface area (Å²) in [6.45, 7) is 14.0. The zero-order chi connectivity index (χ0) is 69.2. The van der Waals surface area contributed by atoms with E-state index >= 15 is 0 Å². The van der Waals surface area contributed by atoms with Crippen LogP contribution in [-0.2, 0) is 76.8 Å². The van der Waals surface area contributed by atoms with Crippen molar-refractivity contribution in [2.75, 3.05) is 19.6 Å². The number of imidazole rings is 1. The Hall–Kier alpha value is -8.83. The van der Waals surface area contributed by atoms with Crippen molar-refractivity contribution >= 4 is 71.0 Å². The molecule has 4 rings (SSSR count). The SMILES string of the molecule is CC[C@H](C)[C@H](NC(=O)[C@H](CNC(=O)[C@H](CCCCN)NC(=O)[C@H](Cc1ccccc1)NC(=O)[C@H](Cc1ccccc1)NC(=O)[C@H](Cc1cnc[nH]1)NC(=O)[C@@H](NC(=O)[C@@H](N)C(C)C)C(C)C)C(=O)O)C(=O)N[C@H](C(=O)N[C@H](C(=O)N1CCC[C@H]1C(=O)O)[C@@H](C)O)C(C)C. The van der Waals surface area contributed by atoms with Crippen LogP contribution in [0.2, 0.25) is 0 Å². The van der Waals surface area contributed by atoms with E-state index in [-0.39, 0.29) is 64.0 Å². The molecule has 0 unspecified atom stereocenters.